The minimum absolute atomic E-state index is 0.0171. The first kappa shape index (κ1) is 16.8. The number of carbonyl (C=O) groups excluding carboxylic acids is 1. The van der Waals surface area contributed by atoms with E-state index >= 15 is 0 Å². The predicted octanol–water partition coefficient (Wildman–Crippen LogP) is 6.83. The number of hydrogen-bond acceptors (Lipinski definition) is 4. The van der Waals surface area contributed by atoms with Crippen LogP contribution in [0.15, 0.2) is 88.7 Å². The van der Waals surface area contributed by atoms with E-state index in [1.165, 1.54) is 35.9 Å². The number of Topliss-reactive ketones (excluding diaryl/α,β-unsaturated/α-hetero) is 1. The van der Waals surface area contributed by atoms with Gasteiger partial charge in [-0.3, -0.25) is 4.79 Å². The van der Waals surface area contributed by atoms with Crippen molar-refractivity contribution in [2.75, 3.05) is 0 Å². The number of carbonyl (C=O) groups is 1. The van der Waals surface area contributed by atoms with Crippen LogP contribution in [-0.4, -0.2) is 11.0 Å². The van der Waals surface area contributed by atoms with Crippen LogP contribution < -0.4 is 0 Å². The molecular formula is C25H16OS3. The normalized spacial score (nSPS) is 29.0. The molecule has 0 N–H and O–H groups in total. The second-order valence-electron chi connectivity index (χ2n) is 7.97. The summed E-state index contributed by atoms with van der Waals surface area (Å²) in [5.41, 5.74) is 2.72. The fraction of sp³-hybridized carbons (Fsp3) is 0.160. The zero-order chi connectivity index (χ0) is 19.2. The molecule has 0 radical (unpaired) electrons. The fourth-order valence-corrected chi connectivity index (χ4v) is 10.1. The third kappa shape index (κ3) is 2.02. The Morgan fingerprint density at radius 1 is 0.793 bits per heavy atom. The van der Waals surface area contributed by atoms with E-state index in [0.29, 0.717) is 5.78 Å². The van der Waals surface area contributed by atoms with Crippen LogP contribution in [0.3, 0.4) is 0 Å². The fourth-order valence-electron chi connectivity index (χ4n) is 5.44. The summed E-state index contributed by atoms with van der Waals surface area (Å²) in [6.45, 7) is 0. The zero-order valence-electron chi connectivity index (χ0n) is 15.4. The molecule has 0 bridgehead atoms. The number of fused-ring (bicyclic) bond motifs is 8. The molecular weight excluding hydrogens is 412 g/mol. The molecule has 140 valence electrons. The van der Waals surface area contributed by atoms with Gasteiger partial charge in [0.25, 0.3) is 0 Å². The molecule has 0 saturated heterocycles. The molecule has 4 atom stereocenters. The molecule has 2 aliphatic heterocycles. The van der Waals surface area contributed by atoms with Crippen molar-refractivity contribution in [1.29, 1.82) is 0 Å². The van der Waals surface area contributed by atoms with E-state index in [4.69, 9.17) is 0 Å². The molecule has 0 amide bonds. The summed E-state index contributed by atoms with van der Waals surface area (Å²) in [5.74, 6) is 0.858. The molecule has 1 aromatic heterocycles. The first-order valence-corrected chi connectivity index (χ1v) is 12.4. The number of benzene rings is 3. The Labute approximate surface area is 181 Å². The molecule has 4 heteroatoms. The van der Waals surface area contributed by atoms with E-state index in [1.54, 1.807) is 23.1 Å². The van der Waals surface area contributed by atoms with Crippen LogP contribution >= 0.6 is 34.9 Å². The molecule has 7 rings (SSSR count). The number of rotatable bonds is 1. The van der Waals surface area contributed by atoms with Gasteiger partial charge >= 0.3 is 0 Å². The van der Waals surface area contributed by atoms with Crippen LogP contribution in [0.5, 0.6) is 0 Å². The van der Waals surface area contributed by atoms with E-state index in [0.717, 1.165) is 0 Å². The third-order valence-corrected chi connectivity index (χ3v) is 11.0. The standard InChI is InChI=1S/C25H16OS3/c26-24-23-21(15-8-2-5-11-18(15)28-23)22-16-9-3-6-12-19(16)29-25(22,24)20-13-14-7-1-4-10-17(14)27-20/h1-13,21-23H. The lowest BCUT2D eigenvalue weighted by Gasteiger charge is -2.28. The Balaban J connectivity index is 1.52. The number of ketones is 1. The maximum absolute atomic E-state index is 14.2. The second-order valence-corrected chi connectivity index (χ2v) is 11.5. The minimum Gasteiger partial charge on any atom is -0.296 e. The second kappa shape index (κ2) is 5.78. The molecule has 29 heavy (non-hydrogen) atoms. The first-order chi connectivity index (χ1) is 14.3. The van der Waals surface area contributed by atoms with E-state index < -0.39 is 4.75 Å². The molecule has 4 aromatic rings. The van der Waals surface area contributed by atoms with Gasteiger partial charge in [0, 0.05) is 31.2 Å². The minimum atomic E-state index is -0.497. The summed E-state index contributed by atoms with van der Waals surface area (Å²) >= 11 is 5.40. The third-order valence-electron chi connectivity index (χ3n) is 6.60. The number of hydrogen-bond donors (Lipinski definition) is 0. The van der Waals surface area contributed by atoms with Gasteiger partial charge in [-0.05, 0) is 40.8 Å². The van der Waals surface area contributed by atoms with Gasteiger partial charge in [0.05, 0.1) is 5.25 Å². The summed E-state index contributed by atoms with van der Waals surface area (Å²) in [6.07, 6.45) is 0. The first-order valence-electron chi connectivity index (χ1n) is 9.84. The van der Waals surface area contributed by atoms with Gasteiger partial charge in [0.15, 0.2) is 5.78 Å². The highest BCUT2D eigenvalue weighted by Crippen LogP contribution is 2.73. The number of thioether (sulfide) groups is 2. The van der Waals surface area contributed by atoms with Gasteiger partial charge in [-0.15, -0.1) is 34.9 Å². The van der Waals surface area contributed by atoms with E-state index in [-0.39, 0.29) is 17.1 Å². The summed E-state index contributed by atoms with van der Waals surface area (Å²) in [4.78, 5) is 18.0. The van der Waals surface area contributed by atoms with Crippen molar-refractivity contribution in [2.24, 2.45) is 0 Å². The van der Waals surface area contributed by atoms with Crippen LogP contribution in [0.4, 0.5) is 0 Å². The quantitative estimate of drug-likeness (QED) is 0.331. The predicted molar refractivity (Wildman–Crippen MR) is 122 cm³/mol. The van der Waals surface area contributed by atoms with Crippen LogP contribution in [0, 0.1) is 0 Å². The Morgan fingerprint density at radius 3 is 2.38 bits per heavy atom. The Bertz CT molecular complexity index is 1290. The van der Waals surface area contributed by atoms with E-state index in [1.807, 2.05) is 11.8 Å². The maximum Gasteiger partial charge on any atom is 0.169 e. The monoisotopic (exact) mass is 428 g/mol. The van der Waals surface area contributed by atoms with Gasteiger partial charge in [-0.25, -0.2) is 0 Å². The molecule has 1 fully saturated rings. The summed E-state index contributed by atoms with van der Waals surface area (Å²) in [5, 5.41) is 1.26. The highest BCUT2D eigenvalue weighted by atomic mass is 32.2. The molecule has 3 aliphatic rings. The van der Waals surface area contributed by atoms with Crippen molar-refractivity contribution in [1.82, 2.24) is 0 Å². The Morgan fingerprint density at radius 2 is 1.52 bits per heavy atom. The maximum atomic E-state index is 14.2. The summed E-state index contributed by atoms with van der Waals surface area (Å²) in [7, 11) is 0. The lowest BCUT2D eigenvalue weighted by atomic mass is 9.79. The van der Waals surface area contributed by atoms with Gasteiger partial charge in [0.2, 0.25) is 0 Å². The molecule has 1 saturated carbocycles. The smallest absolute Gasteiger partial charge is 0.169 e. The largest absolute Gasteiger partial charge is 0.296 e. The average Bonchev–Trinajstić information content (AvgIpc) is 3.47. The van der Waals surface area contributed by atoms with Crippen molar-refractivity contribution < 1.29 is 4.79 Å². The van der Waals surface area contributed by atoms with Crippen LogP contribution in [-0.2, 0) is 9.54 Å². The van der Waals surface area contributed by atoms with Crippen molar-refractivity contribution in [2.45, 2.75) is 31.6 Å². The number of thiophene rings is 1. The average molecular weight is 429 g/mol. The highest BCUT2D eigenvalue weighted by molar-refractivity contribution is 8.03. The summed E-state index contributed by atoms with van der Waals surface area (Å²) < 4.78 is 0.772. The van der Waals surface area contributed by atoms with Gasteiger partial charge in [-0.1, -0.05) is 54.6 Å². The zero-order valence-corrected chi connectivity index (χ0v) is 17.8. The van der Waals surface area contributed by atoms with Crippen molar-refractivity contribution in [3.05, 3.63) is 94.9 Å². The van der Waals surface area contributed by atoms with Crippen LogP contribution in [0.2, 0.25) is 0 Å². The topological polar surface area (TPSA) is 17.1 Å². The molecule has 4 unspecified atom stereocenters. The molecule has 1 aliphatic carbocycles. The molecule has 3 heterocycles. The van der Waals surface area contributed by atoms with Gasteiger partial charge in [-0.2, -0.15) is 0 Å². The Hall–Kier alpha value is -2.01. The molecule has 3 aromatic carbocycles. The lowest BCUT2D eigenvalue weighted by Crippen LogP contribution is -2.31. The highest BCUT2D eigenvalue weighted by Gasteiger charge is 2.68. The van der Waals surface area contributed by atoms with Crippen molar-refractivity contribution in [3.63, 3.8) is 0 Å². The molecule has 0 spiro atoms. The molecule has 1 nitrogen and oxygen atoms in total. The van der Waals surface area contributed by atoms with Crippen molar-refractivity contribution in [3.8, 4) is 0 Å². The van der Waals surface area contributed by atoms with Crippen LogP contribution in [0.1, 0.15) is 27.8 Å². The van der Waals surface area contributed by atoms with Crippen molar-refractivity contribution >= 4 is 50.7 Å². The SMILES string of the molecule is O=C1C2Sc3ccccc3C2C2c3ccccc3SC12c1cc2ccccc2s1. The van der Waals surface area contributed by atoms with Gasteiger partial charge in [0.1, 0.15) is 4.75 Å². The van der Waals surface area contributed by atoms with Gasteiger partial charge < -0.3 is 0 Å². The Kier molecular flexibility index (Phi) is 3.34. The van der Waals surface area contributed by atoms with E-state index in [2.05, 4.69) is 78.9 Å². The van der Waals surface area contributed by atoms with E-state index in [9.17, 15) is 4.79 Å². The lowest BCUT2D eigenvalue weighted by molar-refractivity contribution is -0.119. The summed E-state index contributed by atoms with van der Waals surface area (Å²) in [6, 6.07) is 28.1. The van der Waals surface area contributed by atoms with Crippen LogP contribution in [0.25, 0.3) is 10.1 Å².